The van der Waals surface area contributed by atoms with Gasteiger partial charge in [-0.2, -0.15) is 4.31 Å². The number of para-hydroxylation sites is 1. The molecule has 6 nitrogen and oxygen atoms in total. The Morgan fingerprint density at radius 3 is 2.43 bits per heavy atom. The van der Waals surface area contributed by atoms with Crippen LogP contribution in [0.15, 0.2) is 51.8 Å². The number of nitrogens with one attached hydrogen (secondary N) is 2. The number of nitrogens with zero attached hydrogens (tertiary/aromatic N) is 1. The van der Waals surface area contributed by atoms with Crippen molar-refractivity contribution >= 4 is 37.5 Å². The van der Waals surface area contributed by atoms with E-state index >= 15 is 0 Å². The molecule has 3 rings (SSSR count). The van der Waals surface area contributed by atoms with Crippen LogP contribution in [0.1, 0.15) is 11.1 Å². The fraction of sp³-hybridized carbons (Fsp3) is 0.350. The molecule has 8 heteroatoms. The van der Waals surface area contributed by atoms with Crippen molar-refractivity contribution < 1.29 is 18.1 Å². The van der Waals surface area contributed by atoms with Gasteiger partial charge in [-0.1, -0.05) is 18.2 Å². The lowest BCUT2D eigenvalue weighted by Gasteiger charge is -2.31. The monoisotopic (exact) mass is 466 g/mol. The number of rotatable bonds is 5. The third-order valence-electron chi connectivity index (χ3n) is 5.10. The number of carbonyl (C=O) groups is 1. The van der Waals surface area contributed by atoms with E-state index in [1.165, 1.54) is 4.31 Å². The molecule has 1 aliphatic rings. The fourth-order valence-corrected chi connectivity index (χ4v) is 5.14. The van der Waals surface area contributed by atoms with Crippen LogP contribution in [0.2, 0.25) is 0 Å². The van der Waals surface area contributed by atoms with Crippen LogP contribution in [-0.4, -0.2) is 51.4 Å². The molecule has 0 bridgehead atoms. The van der Waals surface area contributed by atoms with Crippen molar-refractivity contribution in [1.29, 1.82) is 0 Å². The molecule has 150 valence electrons. The van der Waals surface area contributed by atoms with Crippen LogP contribution in [0.25, 0.3) is 0 Å². The molecule has 1 heterocycles. The maximum atomic E-state index is 12.9. The van der Waals surface area contributed by atoms with Crippen LogP contribution in [0.4, 0.5) is 5.69 Å². The van der Waals surface area contributed by atoms with Crippen molar-refractivity contribution in [2.75, 3.05) is 38.0 Å². The second-order valence-corrected chi connectivity index (χ2v) is 9.90. The standard InChI is InChI=1S/C20H24BrN3O3S/c1-15-7-8-17(13-16(15)2)28(26,27)24-11-9-23(10-12-24)14-20(25)22-19-6-4-3-5-18(19)21/h3-8,13H,9-12,14H2,1-2H3,(H,22,25)/p+1. The predicted molar refractivity (Wildman–Crippen MR) is 113 cm³/mol. The minimum atomic E-state index is -3.49. The number of hydrogen-bond donors (Lipinski definition) is 2. The smallest absolute Gasteiger partial charge is 0.279 e. The first-order valence-corrected chi connectivity index (χ1v) is 11.5. The molecule has 1 aliphatic heterocycles. The SMILES string of the molecule is Cc1ccc(S(=O)(=O)N2CC[NH+](CC(=O)Nc3ccccc3Br)CC2)cc1C. The summed E-state index contributed by atoms with van der Waals surface area (Å²) in [6, 6.07) is 12.7. The molecule has 0 radical (unpaired) electrons. The van der Waals surface area contributed by atoms with Gasteiger partial charge in [0.05, 0.1) is 36.8 Å². The highest BCUT2D eigenvalue weighted by molar-refractivity contribution is 9.10. The summed E-state index contributed by atoms with van der Waals surface area (Å²) in [6.07, 6.45) is 0. The minimum Gasteiger partial charge on any atom is -0.325 e. The van der Waals surface area contributed by atoms with Gasteiger partial charge in [0.15, 0.2) is 6.54 Å². The fourth-order valence-electron chi connectivity index (χ4n) is 3.23. The Bertz CT molecular complexity index is 970. The quantitative estimate of drug-likeness (QED) is 0.702. The third-order valence-corrected chi connectivity index (χ3v) is 7.69. The lowest BCUT2D eigenvalue weighted by Crippen LogP contribution is -3.15. The van der Waals surface area contributed by atoms with Gasteiger partial charge in [-0.3, -0.25) is 4.79 Å². The van der Waals surface area contributed by atoms with E-state index < -0.39 is 10.0 Å². The number of quaternary nitrogens is 1. The number of amides is 1. The summed E-state index contributed by atoms with van der Waals surface area (Å²) in [6.45, 7) is 6.23. The van der Waals surface area contributed by atoms with Crippen molar-refractivity contribution in [3.05, 3.63) is 58.1 Å². The van der Waals surface area contributed by atoms with Crippen LogP contribution in [0.5, 0.6) is 0 Å². The van der Waals surface area contributed by atoms with E-state index in [1.807, 2.05) is 44.2 Å². The zero-order valence-corrected chi connectivity index (χ0v) is 18.4. The Hall–Kier alpha value is -1.74. The Morgan fingerprint density at radius 2 is 1.79 bits per heavy atom. The van der Waals surface area contributed by atoms with E-state index in [4.69, 9.17) is 0 Å². The van der Waals surface area contributed by atoms with Gasteiger partial charge >= 0.3 is 0 Å². The maximum Gasteiger partial charge on any atom is 0.279 e. The highest BCUT2D eigenvalue weighted by Gasteiger charge is 2.31. The van der Waals surface area contributed by atoms with Gasteiger partial charge in [0, 0.05) is 4.47 Å². The Morgan fingerprint density at radius 1 is 1.11 bits per heavy atom. The molecule has 1 saturated heterocycles. The molecular formula is C20H25BrN3O3S+. The molecule has 2 aromatic rings. The zero-order valence-electron chi connectivity index (χ0n) is 16.0. The molecule has 28 heavy (non-hydrogen) atoms. The summed E-state index contributed by atoms with van der Waals surface area (Å²) in [5.41, 5.74) is 2.78. The molecule has 0 aromatic heterocycles. The van der Waals surface area contributed by atoms with Crippen molar-refractivity contribution in [3.8, 4) is 0 Å². The van der Waals surface area contributed by atoms with Crippen molar-refractivity contribution in [3.63, 3.8) is 0 Å². The van der Waals surface area contributed by atoms with Gasteiger partial charge in [0.2, 0.25) is 10.0 Å². The highest BCUT2D eigenvalue weighted by atomic mass is 79.9. The molecule has 0 unspecified atom stereocenters. The molecule has 0 saturated carbocycles. The number of hydrogen-bond acceptors (Lipinski definition) is 3. The molecule has 0 aliphatic carbocycles. The van der Waals surface area contributed by atoms with Crippen molar-refractivity contribution in [2.45, 2.75) is 18.7 Å². The molecule has 1 amide bonds. The summed E-state index contributed by atoms with van der Waals surface area (Å²) in [5, 5.41) is 2.90. The summed E-state index contributed by atoms with van der Waals surface area (Å²) in [4.78, 5) is 13.7. The predicted octanol–water partition coefficient (Wildman–Crippen LogP) is 1.59. The topological polar surface area (TPSA) is 70.9 Å². The average molecular weight is 467 g/mol. The van der Waals surface area contributed by atoms with Gasteiger partial charge in [0.1, 0.15) is 0 Å². The number of halogens is 1. The molecular weight excluding hydrogens is 442 g/mol. The second kappa shape index (κ2) is 8.73. The van der Waals surface area contributed by atoms with Crippen LogP contribution < -0.4 is 10.2 Å². The van der Waals surface area contributed by atoms with E-state index in [0.29, 0.717) is 37.6 Å². The Labute approximate surface area is 174 Å². The largest absolute Gasteiger partial charge is 0.325 e. The third kappa shape index (κ3) is 4.81. The number of anilines is 1. The summed E-state index contributed by atoms with van der Waals surface area (Å²) in [7, 11) is -3.49. The van der Waals surface area contributed by atoms with Crippen LogP contribution in [0.3, 0.4) is 0 Å². The first-order chi connectivity index (χ1) is 13.3. The van der Waals surface area contributed by atoms with Crippen molar-refractivity contribution in [2.24, 2.45) is 0 Å². The first-order valence-electron chi connectivity index (χ1n) is 9.23. The van der Waals surface area contributed by atoms with Gasteiger partial charge in [-0.15, -0.1) is 0 Å². The lowest BCUT2D eigenvalue weighted by atomic mass is 10.1. The molecule has 2 aromatic carbocycles. The van der Waals surface area contributed by atoms with Gasteiger partial charge in [-0.25, -0.2) is 8.42 Å². The zero-order chi connectivity index (χ0) is 20.3. The Kier molecular flexibility index (Phi) is 6.54. The van der Waals surface area contributed by atoms with Crippen molar-refractivity contribution in [1.82, 2.24) is 4.31 Å². The first kappa shape index (κ1) is 21.0. The van der Waals surface area contributed by atoms with E-state index in [9.17, 15) is 13.2 Å². The van der Waals surface area contributed by atoms with Gasteiger partial charge in [0.25, 0.3) is 5.91 Å². The molecule has 2 N–H and O–H groups in total. The lowest BCUT2D eigenvalue weighted by molar-refractivity contribution is -0.895. The van der Waals surface area contributed by atoms with Crippen LogP contribution in [-0.2, 0) is 14.8 Å². The van der Waals surface area contributed by atoms with E-state index in [2.05, 4.69) is 21.2 Å². The summed E-state index contributed by atoms with van der Waals surface area (Å²) in [5.74, 6) is -0.0765. The van der Waals surface area contributed by atoms with E-state index in [0.717, 1.165) is 26.2 Å². The number of sulfonamides is 1. The van der Waals surface area contributed by atoms with E-state index in [1.54, 1.807) is 12.1 Å². The van der Waals surface area contributed by atoms with Crippen LogP contribution >= 0.6 is 15.9 Å². The summed E-state index contributed by atoms with van der Waals surface area (Å²) < 4.78 is 28.1. The number of aryl methyl sites for hydroxylation is 2. The molecule has 0 spiro atoms. The number of carbonyl (C=O) groups excluding carboxylic acids is 1. The number of benzene rings is 2. The summed E-state index contributed by atoms with van der Waals surface area (Å²) >= 11 is 3.42. The van der Waals surface area contributed by atoms with Gasteiger partial charge < -0.3 is 10.2 Å². The Balaban J connectivity index is 1.57. The average Bonchev–Trinajstić information content (AvgIpc) is 2.66. The van der Waals surface area contributed by atoms with Crippen LogP contribution in [0, 0.1) is 13.8 Å². The van der Waals surface area contributed by atoms with Gasteiger partial charge in [-0.05, 0) is 65.2 Å². The second-order valence-electron chi connectivity index (χ2n) is 7.10. The van der Waals surface area contributed by atoms with E-state index in [-0.39, 0.29) is 5.91 Å². The highest BCUT2D eigenvalue weighted by Crippen LogP contribution is 2.21. The molecule has 0 atom stereocenters. The molecule has 1 fully saturated rings. The number of piperazine rings is 1. The maximum absolute atomic E-state index is 12.9. The minimum absolute atomic E-state index is 0.0765. The normalized spacial score (nSPS) is 16.1.